The highest BCUT2D eigenvalue weighted by atomic mass is 79.9. The van der Waals surface area contributed by atoms with Gasteiger partial charge in [-0.3, -0.25) is 28.9 Å². The predicted octanol–water partition coefficient (Wildman–Crippen LogP) is 19.6. The van der Waals surface area contributed by atoms with Crippen molar-refractivity contribution < 1.29 is 81.6 Å². The number of nitrogens with one attached hydrogen (secondary N) is 1. The molecule has 143 heavy (non-hydrogen) atoms. The van der Waals surface area contributed by atoms with E-state index in [0.29, 0.717) is 179 Å². The largest absolute Gasteiger partial charge is 0.478 e. The van der Waals surface area contributed by atoms with Crippen LogP contribution in [0.3, 0.4) is 0 Å². The number of likely N-dealkylation sites (tertiary alicyclic amines) is 4. The van der Waals surface area contributed by atoms with Crippen molar-refractivity contribution in [1.29, 1.82) is 0 Å². The third-order valence-electron chi connectivity index (χ3n) is 22.2. The number of Topliss-reactive ketones (excluding diaryl/α,β-unsaturated/α-hetero) is 2. The Morgan fingerprint density at radius 1 is 0.420 bits per heavy atom. The number of carboxylic acids is 1. The molecule has 12 N–H and O–H groups in total. The molecule has 0 atom stereocenters. The highest BCUT2D eigenvalue weighted by molar-refractivity contribution is 9.11. The number of aliphatic imine (C=N–C) groups is 5. The lowest BCUT2D eigenvalue weighted by molar-refractivity contribution is -0.180. The van der Waals surface area contributed by atoms with Gasteiger partial charge in [0.15, 0.2) is 11.6 Å². The molecule has 5 saturated heterocycles. The first-order valence-corrected chi connectivity index (χ1v) is 53.6. The Kier molecular flexibility index (Phi) is 43.0. The number of aliphatic carboxylic acids is 1. The first-order valence-electron chi connectivity index (χ1n) is 48.8. The molecule has 0 bridgehead atoms. The summed E-state index contributed by atoms with van der Waals surface area (Å²) in [5.41, 5.74) is 35.9. The third-order valence-corrected chi connectivity index (χ3v) is 28.1. The molecule has 6 amide bonds. The number of thiophene rings is 5. The maximum atomic E-state index is 13.0. The van der Waals surface area contributed by atoms with Crippen LogP contribution in [0.1, 0.15) is 240 Å². The lowest BCUT2D eigenvalue weighted by Gasteiger charge is -2.39. The van der Waals surface area contributed by atoms with Gasteiger partial charge in [-0.1, -0.05) is 33.8 Å². The van der Waals surface area contributed by atoms with E-state index < -0.39 is 28.4 Å². The van der Waals surface area contributed by atoms with Gasteiger partial charge >= 0.3 is 30.3 Å². The standard InChI is InChI=1S/C23H34N4O4S.C19H25N3O3S.C18H26N4O2S.C18H23N3O4S.C10H9BrN2OS.C9H15NO2.C6H14O/c1-6-8-27(30-7-2)21(28)16-10-19-18(25-20(24)11-16)12-17(32-19)9-15-13-26(14-15)22(29)31-23(3,4)5;1-11(23)13-6-16-15(21-17(20)7-13)8-14(26-16)5-12-9-22(10-12)18(24)25-19(2,3)4;1-3-5-22(24-4-2)18(23)13-7-16-15(21-17(19)8-13)9-14(25-16)6-12-10-20-11-12;1-18(2,3)25-17(24)21-8-10(9-21)4-12-7-13-14(26-12)5-11(16(22)23)6-15(19)20-13;1-5(14)6-2-8-7(4-9(11)15-8)13-10(12)3-6;1-7-5-10(6-7)8(11)12-9(2,3)4;1-3-5-6-7-4-2/h10,12,15H,6-9,11,13-14H2,1-5H3,(H2,24,25);6,8,12H,5,7,9-10H2,1-4H3,(H2,20,21);7,9,12,20H,3-6,8,10-11H2,1-2H3,(H2,19,21);5,7,10H,4,6,8-9H2,1-3H3,(H2,19,20)(H,22,23);2,4H,3H2,1H3,(H2,12,13);1,5-6H2,2-4H3;3-6H2,1-2H3. The minimum absolute atomic E-state index is 0.0259. The average Bonchev–Trinajstić information content (AvgIpc) is 1.71. The number of unbranched alkanes of at least 4 members (excludes halogenated alkanes) is 1. The van der Waals surface area contributed by atoms with Gasteiger partial charge in [-0.15, -0.1) is 56.7 Å². The van der Waals surface area contributed by atoms with Gasteiger partial charge in [0.2, 0.25) is 0 Å². The van der Waals surface area contributed by atoms with Gasteiger partial charge < -0.3 is 82.4 Å². The number of hydrogen-bond acceptors (Lipinski definition) is 32. The van der Waals surface area contributed by atoms with E-state index in [1.54, 1.807) is 84.9 Å². The summed E-state index contributed by atoms with van der Waals surface area (Å²) in [5.74, 6) is 2.84. The number of nitrogens with two attached hydrogens (primary N) is 5. The predicted molar refractivity (Wildman–Crippen MR) is 578 cm³/mol. The molecule has 15 heterocycles. The van der Waals surface area contributed by atoms with E-state index in [-0.39, 0.29) is 59.7 Å². The zero-order chi connectivity index (χ0) is 105. The van der Waals surface area contributed by atoms with Crippen LogP contribution in [-0.2, 0) is 83.0 Å². The Bertz CT molecular complexity index is 5540. The topological polar surface area (TPSA) is 462 Å². The average molecular weight is 2130 g/mol. The number of carbonyl (C=O) groups excluding carboxylic acids is 8. The number of amides is 6. The SMILES string of the molecule is C=C1CN(C(=O)OC(C)(C)C)C1.CC(=O)C1=Cc2sc(Br)cc2N=C(N)C1.CC(=O)C1=Cc2sc(CC3CN(C(=O)OC(C)(C)C)C3)cc2N=C(N)C1.CC(C)(C)OC(=O)N1CC(Cc2cc3c(s2)C=C(C(=O)O)CC(N)=N3)C1.CCCCOCC.CCCN(OCC)C(=O)C1=Cc2sc(CC3CN(C(=O)OC(C)(C)C)C3)cc2N=C(N)C1.CCCN(OCC)C(=O)C1=Cc2sc(CC3CNC3)cc2N=C(N)C1. The zero-order valence-electron chi connectivity index (χ0n) is 86.5. The van der Waals surface area contributed by atoms with Crippen molar-refractivity contribution in [3.8, 4) is 0 Å². The number of amidine groups is 5. The molecule has 34 nitrogen and oxygen atoms in total. The molecule has 0 spiro atoms. The molecular weight excluding hydrogens is 1990 g/mol. The van der Waals surface area contributed by atoms with E-state index in [0.717, 1.165) is 132 Å². The van der Waals surface area contributed by atoms with E-state index in [2.05, 4.69) is 65.8 Å². The van der Waals surface area contributed by atoms with E-state index >= 15 is 0 Å². The fourth-order valence-corrected chi connectivity index (χ4v) is 21.6. The molecular formula is C103H146BrN17O17S5. The molecule has 10 aliphatic rings. The summed E-state index contributed by atoms with van der Waals surface area (Å²) in [5, 5.41) is 15.4. The number of hydrogen-bond donors (Lipinski definition) is 7. The van der Waals surface area contributed by atoms with Gasteiger partial charge in [0, 0.05) is 158 Å². The fourth-order valence-electron chi connectivity index (χ4n) is 15.3. The van der Waals surface area contributed by atoms with Gasteiger partial charge in [-0.25, -0.2) is 59.1 Å². The Labute approximate surface area is 869 Å². The van der Waals surface area contributed by atoms with Gasteiger partial charge in [0.25, 0.3) is 11.8 Å². The molecule has 5 fully saturated rings. The van der Waals surface area contributed by atoms with Crippen molar-refractivity contribution in [3.05, 3.63) is 118 Å². The van der Waals surface area contributed by atoms with Crippen LogP contribution >= 0.6 is 72.6 Å². The van der Waals surface area contributed by atoms with Gasteiger partial charge in [-0.05, 0) is 282 Å². The highest BCUT2D eigenvalue weighted by Gasteiger charge is 2.39. The first-order chi connectivity index (χ1) is 67.3. The molecule has 5 aromatic rings. The minimum atomic E-state index is -0.974. The molecule has 0 radical (unpaired) electrons. The van der Waals surface area contributed by atoms with Crippen molar-refractivity contribution in [2.24, 2.45) is 77.3 Å². The molecule has 0 aromatic carbocycles. The second-order valence-electron chi connectivity index (χ2n) is 40.2. The Balaban J connectivity index is 0.000000192. The first kappa shape index (κ1) is 116. The van der Waals surface area contributed by atoms with E-state index in [4.69, 9.17) is 62.0 Å². The Morgan fingerprint density at radius 2 is 0.706 bits per heavy atom. The highest BCUT2D eigenvalue weighted by Crippen LogP contribution is 2.43. The zero-order valence-corrected chi connectivity index (χ0v) is 92.2. The van der Waals surface area contributed by atoms with Crippen molar-refractivity contribution in [2.45, 2.75) is 244 Å². The molecule has 40 heteroatoms. The summed E-state index contributed by atoms with van der Waals surface area (Å²) in [7, 11) is 0. The number of ketones is 2. The second kappa shape index (κ2) is 53.0. The van der Waals surface area contributed by atoms with Crippen LogP contribution in [0, 0.1) is 23.7 Å². The number of carboxylic acid groups (broad SMARTS) is 1. The van der Waals surface area contributed by atoms with Crippen LogP contribution in [-0.4, -0.2) is 245 Å². The summed E-state index contributed by atoms with van der Waals surface area (Å²) in [6.07, 6.45) is 17.6. The second-order valence-corrected chi connectivity index (χ2v) is 47.3. The fraction of sp³-hybridized carbons (Fsp3) is 0.553. The number of nitrogens with zero attached hydrogens (tertiary/aromatic N) is 11. The number of fused-ring (bicyclic) bond motifs is 5. The maximum absolute atomic E-state index is 13.0. The summed E-state index contributed by atoms with van der Waals surface area (Å²) in [4.78, 5) is 157. The van der Waals surface area contributed by atoms with Crippen LogP contribution in [0.15, 0.2) is 99.1 Å². The molecule has 15 rings (SSSR count). The summed E-state index contributed by atoms with van der Waals surface area (Å²) in [6.45, 7) is 52.5. The van der Waals surface area contributed by atoms with Crippen LogP contribution in [0.4, 0.5) is 47.6 Å². The smallest absolute Gasteiger partial charge is 0.410 e. The molecule has 782 valence electrons. The summed E-state index contributed by atoms with van der Waals surface area (Å²) < 4.78 is 27.4. The lowest BCUT2D eigenvalue weighted by atomic mass is 9.96. The molecule has 0 saturated carbocycles. The van der Waals surface area contributed by atoms with Crippen molar-refractivity contribution in [2.75, 3.05) is 105 Å². The van der Waals surface area contributed by atoms with Crippen LogP contribution in [0.25, 0.3) is 30.4 Å². The van der Waals surface area contributed by atoms with Crippen LogP contribution in [0.2, 0.25) is 0 Å². The van der Waals surface area contributed by atoms with E-state index in [1.807, 2.05) is 166 Å². The monoisotopic (exact) mass is 2130 g/mol. The maximum Gasteiger partial charge on any atom is 0.410 e. The molecule has 0 unspecified atom stereocenters. The molecule has 0 aliphatic carbocycles. The number of halogens is 1. The van der Waals surface area contributed by atoms with Crippen molar-refractivity contribution >= 4 is 214 Å². The Morgan fingerprint density at radius 3 is 0.979 bits per heavy atom. The molecule has 5 aromatic heterocycles. The van der Waals surface area contributed by atoms with E-state index in [1.165, 1.54) is 48.9 Å². The summed E-state index contributed by atoms with van der Waals surface area (Å²) >= 11 is 11.4. The number of carbonyl (C=O) groups is 9. The third kappa shape index (κ3) is 37.2. The van der Waals surface area contributed by atoms with Crippen molar-refractivity contribution in [1.82, 2.24) is 35.0 Å². The molecule has 10 aliphatic heterocycles. The quantitative estimate of drug-likeness (QED) is 0.0123. The summed E-state index contributed by atoms with van der Waals surface area (Å²) in [6, 6.07) is 10.1. The van der Waals surface area contributed by atoms with Crippen molar-refractivity contribution in [3.63, 3.8) is 0 Å². The van der Waals surface area contributed by atoms with E-state index in [9.17, 15) is 48.3 Å². The minimum Gasteiger partial charge on any atom is -0.478 e. The number of ether oxygens (including phenoxy) is 5. The normalized spacial score (nSPS) is 16.6. The van der Waals surface area contributed by atoms with Gasteiger partial charge in [0.05, 0.1) is 69.8 Å². The van der Waals surface area contributed by atoms with Gasteiger partial charge in [0.1, 0.15) is 51.6 Å². The number of hydroxylamine groups is 4. The van der Waals surface area contributed by atoms with Crippen LogP contribution < -0.4 is 34.0 Å². The van der Waals surface area contributed by atoms with Gasteiger partial charge in [-0.2, -0.15) is 0 Å². The van der Waals surface area contributed by atoms with Crippen LogP contribution in [0.5, 0.6) is 0 Å². The lowest BCUT2D eigenvalue weighted by Crippen LogP contribution is -2.52. The number of rotatable bonds is 25. The Hall–Kier alpha value is -10.6.